The van der Waals surface area contributed by atoms with Gasteiger partial charge in [0.05, 0.1) is 18.2 Å². The Kier molecular flexibility index (Phi) is 8.62. The second-order valence-electron chi connectivity index (χ2n) is 5.67. The lowest BCUT2D eigenvalue weighted by Crippen LogP contribution is -2.52. The zero-order valence-electron chi connectivity index (χ0n) is 12.5. The van der Waals surface area contributed by atoms with Gasteiger partial charge in [0.1, 0.15) is 0 Å². The number of hydrogen-bond acceptors (Lipinski definition) is 4. The van der Waals surface area contributed by atoms with Gasteiger partial charge in [-0.1, -0.05) is 26.7 Å². The van der Waals surface area contributed by atoms with Gasteiger partial charge in [0.25, 0.3) is 0 Å². The van der Waals surface area contributed by atoms with Crippen LogP contribution in [0.2, 0.25) is 0 Å². The lowest BCUT2D eigenvalue weighted by Gasteiger charge is -2.37. The first-order valence-electron chi connectivity index (χ1n) is 7.82. The molecule has 1 aliphatic rings. The standard InChI is InChI=1S/C15H31NO3/c1-3-5-7-18-11-12-9-13(17)15(16)14(10-12)19-8-6-4-2/h12-15,17H,3-11,16H2,1-2H3/t12-,13+,14-,15-/m0/s1. The average molecular weight is 273 g/mol. The van der Waals surface area contributed by atoms with E-state index >= 15 is 0 Å². The van der Waals surface area contributed by atoms with Crippen molar-refractivity contribution in [2.75, 3.05) is 19.8 Å². The van der Waals surface area contributed by atoms with Crippen LogP contribution in [0, 0.1) is 5.92 Å². The van der Waals surface area contributed by atoms with Crippen LogP contribution < -0.4 is 5.73 Å². The third-order valence-electron chi connectivity index (χ3n) is 3.84. The van der Waals surface area contributed by atoms with Crippen LogP contribution in [-0.2, 0) is 9.47 Å². The Morgan fingerprint density at radius 1 is 1.11 bits per heavy atom. The Balaban J connectivity index is 2.30. The van der Waals surface area contributed by atoms with Crippen molar-refractivity contribution in [3.05, 3.63) is 0 Å². The highest BCUT2D eigenvalue weighted by molar-refractivity contribution is 4.89. The molecule has 4 atom stereocenters. The van der Waals surface area contributed by atoms with E-state index in [0.717, 1.165) is 58.3 Å². The molecule has 1 aliphatic carbocycles. The second-order valence-corrected chi connectivity index (χ2v) is 5.67. The molecule has 0 heterocycles. The average Bonchev–Trinajstić information content (AvgIpc) is 2.40. The molecule has 0 aromatic carbocycles. The number of ether oxygens (including phenoxy) is 2. The summed E-state index contributed by atoms with van der Waals surface area (Å²) in [4.78, 5) is 0. The maximum atomic E-state index is 10.0. The smallest absolute Gasteiger partial charge is 0.0754 e. The van der Waals surface area contributed by atoms with E-state index in [1.54, 1.807) is 0 Å². The van der Waals surface area contributed by atoms with Crippen LogP contribution in [0.5, 0.6) is 0 Å². The molecule has 4 heteroatoms. The molecule has 0 unspecified atom stereocenters. The predicted molar refractivity (Wildman–Crippen MR) is 77.1 cm³/mol. The molecule has 114 valence electrons. The van der Waals surface area contributed by atoms with Crippen molar-refractivity contribution in [3.8, 4) is 0 Å². The summed E-state index contributed by atoms with van der Waals surface area (Å²) in [6.45, 7) is 6.58. The van der Waals surface area contributed by atoms with Crippen molar-refractivity contribution in [2.24, 2.45) is 11.7 Å². The zero-order chi connectivity index (χ0) is 14.1. The minimum atomic E-state index is -0.458. The molecule has 0 aliphatic heterocycles. The molecule has 19 heavy (non-hydrogen) atoms. The fourth-order valence-corrected chi connectivity index (χ4v) is 2.52. The lowest BCUT2D eigenvalue weighted by molar-refractivity contribution is -0.0645. The van der Waals surface area contributed by atoms with Crippen molar-refractivity contribution in [2.45, 2.75) is 70.6 Å². The summed E-state index contributed by atoms with van der Waals surface area (Å²) in [6.07, 6.45) is 5.60. The fourth-order valence-electron chi connectivity index (χ4n) is 2.52. The highest BCUT2D eigenvalue weighted by Gasteiger charge is 2.35. The van der Waals surface area contributed by atoms with Crippen molar-refractivity contribution in [3.63, 3.8) is 0 Å². The molecule has 1 saturated carbocycles. The lowest BCUT2D eigenvalue weighted by atomic mass is 9.82. The number of aliphatic hydroxyl groups is 1. The molecule has 1 rings (SSSR count). The molecule has 0 amide bonds. The monoisotopic (exact) mass is 273 g/mol. The van der Waals surface area contributed by atoms with Gasteiger partial charge >= 0.3 is 0 Å². The van der Waals surface area contributed by atoms with Crippen LogP contribution in [0.3, 0.4) is 0 Å². The molecule has 3 N–H and O–H groups in total. The van der Waals surface area contributed by atoms with Crippen LogP contribution in [0.15, 0.2) is 0 Å². The normalized spacial score (nSPS) is 31.6. The number of hydrogen-bond donors (Lipinski definition) is 2. The first-order chi connectivity index (χ1) is 9.19. The van der Waals surface area contributed by atoms with E-state index in [1.807, 2.05) is 0 Å². The van der Waals surface area contributed by atoms with Gasteiger partial charge < -0.3 is 20.3 Å². The number of aliphatic hydroxyl groups excluding tert-OH is 1. The Labute approximate surface area is 117 Å². The highest BCUT2D eigenvalue weighted by Crippen LogP contribution is 2.26. The summed E-state index contributed by atoms with van der Waals surface area (Å²) in [6, 6.07) is -0.247. The molecule has 4 nitrogen and oxygen atoms in total. The fraction of sp³-hybridized carbons (Fsp3) is 1.00. The van der Waals surface area contributed by atoms with E-state index in [4.69, 9.17) is 15.2 Å². The Bertz CT molecular complexity index is 225. The molecule has 0 aromatic heterocycles. The minimum Gasteiger partial charge on any atom is -0.391 e. The summed E-state index contributed by atoms with van der Waals surface area (Å²) in [5.41, 5.74) is 6.03. The first kappa shape index (κ1) is 16.9. The van der Waals surface area contributed by atoms with Gasteiger partial charge in [-0.15, -0.1) is 0 Å². The molecule has 0 aromatic rings. The summed E-state index contributed by atoms with van der Waals surface area (Å²) >= 11 is 0. The van der Waals surface area contributed by atoms with Crippen LogP contribution in [0.4, 0.5) is 0 Å². The molecular weight excluding hydrogens is 242 g/mol. The predicted octanol–water partition coefficient (Wildman–Crippen LogP) is 2.09. The van der Waals surface area contributed by atoms with Gasteiger partial charge in [0, 0.05) is 19.8 Å². The number of unbranched alkanes of at least 4 members (excludes halogenated alkanes) is 2. The molecule has 1 fully saturated rings. The van der Waals surface area contributed by atoms with E-state index in [2.05, 4.69) is 13.8 Å². The van der Waals surface area contributed by atoms with E-state index in [0.29, 0.717) is 5.92 Å². The van der Waals surface area contributed by atoms with Crippen LogP contribution in [0.25, 0.3) is 0 Å². The van der Waals surface area contributed by atoms with Crippen molar-refractivity contribution >= 4 is 0 Å². The molecule has 0 saturated heterocycles. The SMILES string of the molecule is CCCCOC[C@H]1C[C@@H](O)[C@H](N)[C@@H](OCCCC)C1. The third kappa shape index (κ3) is 6.21. The quantitative estimate of drug-likeness (QED) is 0.631. The molecule has 0 spiro atoms. The second kappa shape index (κ2) is 9.70. The topological polar surface area (TPSA) is 64.7 Å². The molecule has 0 bridgehead atoms. The van der Waals surface area contributed by atoms with Gasteiger partial charge in [0.15, 0.2) is 0 Å². The Morgan fingerprint density at radius 2 is 1.79 bits per heavy atom. The van der Waals surface area contributed by atoms with Gasteiger partial charge in [-0.05, 0) is 31.6 Å². The van der Waals surface area contributed by atoms with Gasteiger partial charge in [0.2, 0.25) is 0 Å². The summed E-state index contributed by atoms with van der Waals surface area (Å²) in [7, 11) is 0. The van der Waals surface area contributed by atoms with Crippen molar-refractivity contribution < 1.29 is 14.6 Å². The maximum Gasteiger partial charge on any atom is 0.0754 e. The highest BCUT2D eigenvalue weighted by atomic mass is 16.5. The van der Waals surface area contributed by atoms with Gasteiger partial charge in [-0.25, -0.2) is 0 Å². The van der Waals surface area contributed by atoms with Crippen LogP contribution in [0.1, 0.15) is 52.4 Å². The van der Waals surface area contributed by atoms with Crippen molar-refractivity contribution in [1.29, 1.82) is 0 Å². The van der Waals surface area contributed by atoms with Gasteiger partial charge in [-0.3, -0.25) is 0 Å². The third-order valence-corrected chi connectivity index (χ3v) is 3.84. The van der Waals surface area contributed by atoms with E-state index < -0.39 is 6.10 Å². The van der Waals surface area contributed by atoms with E-state index in [9.17, 15) is 5.11 Å². The van der Waals surface area contributed by atoms with E-state index in [1.165, 1.54) is 0 Å². The summed E-state index contributed by atoms with van der Waals surface area (Å²) in [5.74, 6) is 0.373. The van der Waals surface area contributed by atoms with Crippen molar-refractivity contribution in [1.82, 2.24) is 0 Å². The number of nitrogens with two attached hydrogens (primary N) is 1. The Morgan fingerprint density at radius 3 is 2.47 bits per heavy atom. The zero-order valence-corrected chi connectivity index (χ0v) is 12.5. The maximum absolute atomic E-state index is 10.0. The van der Waals surface area contributed by atoms with Gasteiger partial charge in [-0.2, -0.15) is 0 Å². The molecule has 0 radical (unpaired) electrons. The Hall–Kier alpha value is -0.160. The van der Waals surface area contributed by atoms with Crippen LogP contribution >= 0.6 is 0 Å². The summed E-state index contributed by atoms with van der Waals surface area (Å²) < 4.78 is 11.5. The van der Waals surface area contributed by atoms with E-state index in [-0.39, 0.29) is 12.1 Å². The molecular formula is C15H31NO3. The first-order valence-corrected chi connectivity index (χ1v) is 7.82. The minimum absolute atomic E-state index is 0.0184. The summed E-state index contributed by atoms with van der Waals surface area (Å²) in [5, 5.41) is 10.0. The number of rotatable bonds is 9. The van der Waals surface area contributed by atoms with Crippen LogP contribution in [-0.4, -0.2) is 43.2 Å². The largest absolute Gasteiger partial charge is 0.391 e.